The van der Waals surface area contributed by atoms with Crippen LogP contribution in [0.2, 0.25) is 0 Å². The number of hydrogen-bond acceptors (Lipinski definition) is 1. The van der Waals surface area contributed by atoms with E-state index < -0.39 is 0 Å². The number of nitrogens with one attached hydrogen (secondary N) is 1. The van der Waals surface area contributed by atoms with E-state index in [2.05, 4.69) is 28.2 Å². The highest BCUT2D eigenvalue weighted by Gasteiger charge is 2.36. The maximum Gasteiger partial charge on any atom is 0.124 e. The van der Waals surface area contributed by atoms with Crippen LogP contribution in [0.25, 0.3) is 0 Å². The Morgan fingerprint density at radius 2 is 2.00 bits per heavy atom. The number of halogens is 2. The van der Waals surface area contributed by atoms with E-state index in [1.807, 2.05) is 13.1 Å². The SMILES string of the molecule is CNC(Cc1cc(F)cc(Br)c1)C1(C)CCCC1. The second-order valence-corrected chi connectivity index (χ2v) is 6.60. The molecule has 2 rings (SSSR count). The largest absolute Gasteiger partial charge is 0.316 e. The van der Waals surface area contributed by atoms with Crippen molar-refractivity contribution in [2.45, 2.75) is 45.1 Å². The standard InChI is InChI=1S/C15H21BrFN/c1-15(5-3-4-6-15)14(18-2)9-11-7-12(16)10-13(17)8-11/h7-8,10,14,18H,3-6,9H2,1-2H3. The molecule has 100 valence electrons. The van der Waals surface area contributed by atoms with Crippen LogP contribution in [-0.4, -0.2) is 13.1 Å². The molecule has 1 aromatic rings. The predicted molar refractivity (Wildman–Crippen MR) is 77.2 cm³/mol. The van der Waals surface area contributed by atoms with E-state index >= 15 is 0 Å². The van der Waals surface area contributed by atoms with Gasteiger partial charge in [-0.15, -0.1) is 0 Å². The van der Waals surface area contributed by atoms with E-state index in [1.165, 1.54) is 31.7 Å². The molecule has 1 aliphatic carbocycles. The second kappa shape index (κ2) is 5.70. The second-order valence-electron chi connectivity index (χ2n) is 5.68. The maximum absolute atomic E-state index is 13.4. The van der Waals surface area contributed by atoms with Crippen LogP contribution in [0.5, 0.6) is 0 Å². The first-order valence-electron chi connectivity index (χ1n) is 6.66. The summed E-state index contributed by atoms with van der Waals surface area (Å²) in [5.74, 6) is -0.161. The molecule has 1 atom stereocenters. The lowest BCUT2D eigenvalue weighted by Crippen LogP contribution is -2.41. The normalized spacial score (nSPS) is 20.0. The van der Waals surface area contributed by atoms with Crippen molar-refractivity contribution in [1.82, 2.24) is 5.32 Å². The molecule has 0 bridgehead atoms. The van der Waals surface area contributed by atoms with Crippen LogP contribution in [0.4, 0.5) is 4.39 Å². The van der Waals surface area contributed by atoms with E-state index in [-0.39, 0.29) is 5.82 Å². The lowest BCUT2D eigenvalue weighted by atomic mass is 9.78. The molecule has 1 fully saturated rings. The molecule has 0 amide bonds. The van der Waals surface area contributed by atoms with Crippen molar-refractivity contribution in [2.75, 3.05) is 7.05 Å². The van der Waals surface area contributed by atoms with Gasteiger partial charge in [0.2, 0.25) is 0 Å². The fourth-order valence-electron chi connectivity index (χ4n) is 3.19. The minimum Gasteiger partial charge on any atom is -0.316 e. The Balaban J connectivity index is 2.14. The van der Waals surface area contributed by atoms with Crippen molar-refractivity contribution in [1.29, 1.82) is 0 Å². The average Bonchev–Trinajstić information content (AvgIpc) is 2.72. The van der Waals surface area contributed by atoms with Gasteiger partial charge in [-0.05, 0) is 55.5 Å². The zero-order chi connectivity index (χ0) is 13.2. The molecule has 0 radical (unpaired) electrons. The summed E-state index contributed by atoms with van der Waals surface area (Å²) in [6, 6.07) is 5.60. The molecule has 18 heavy (non-hydrogen) atoms. The monoisotopic (exact) mass is 313 g/mol. The molecule has 1 saturated carbocycles. The van der Waals surface area contributed by atoms with E-state index in [1.54, 1.807) is 6.07 Å². The third-order valence-corrected chi connectivity index (χ3v) is 4.76. The fraction of sp³-hybridized carbons (Fsp3) is 0.600. The molecule has 1 unspecified atom stereocenters. The summed E-state index contributed by atoms with van der Waals surface area (Å²) < 4.78 is 14.2. The van der Waals surface area contributed by atoms with Gasteiger partial charge in [-0.25, -0.2) is 4.39 Å². The van der Waals surface area contributed by atoms with E-state index in [0.29, 0.717) is 11.5 Å². The molecule has 1 aliphatic rings. The first-order chi connectivity index (χ1) is 8.53. The minimum absolute atomic E-state index is 0.161. The lowest BCUT2D eigenvalue weighted by Gasteiger charge is -2.34. The number of benzene rings is 1. The van der Waals surface area contributed by atoms with Crippen LogP contribution in [0, 0.1) is 11.2 Å². The number of likely N-dealkylation sites (N-methyl/N-ethyl adjacent to an activating group) is 1. The third kappa shape index (κ3) is 3.12. The van der Waals surface area contributed by atoms with Crippen LogP contribution < -0.4 is 5.32 Å². The predicted octanol–water partition coefficient (Wildman–Crippen LogP) is 4.30. The van der Waals surface area contributed by atoms with Crippen molar-refractivity contribution in [3.05, 3.63) is 34.1 Å². The summed E-state index contributed by atoms with van der Waals surface area (Å²) in [4.78, 5) is 0. The highest BCUT2D eigenvalue weighted by molar-refractivity contribution is 9.10. The fourth-order valence-corrected chi connectivity index (χ4v) is 3.71. The number of hydrogen-bond donors (Lipinski definition) is 1. The summed E-state index contributed by atoms with van der Waals surface area (Å²) in [5.41, 5.74) is 1.42. The van der Waals surface area contributed by atoms with Crippen molar-refractivity contribution in [2.24, 2.45) is 5.41 Å². The van der Waals surface area contributed by atoms with Gasteiger partial charge in [0.05, 0.1) is 0 Å². The summed E-state index contributed by atoms with van der Waals surface area (Å²) in [6.07, 6.45) is 6.08. The van der Waals surface area contributed by atoms with Gasteiger partial charge in [-0.1, -0.05) is 35.7 Å². The van der Waals surface area contributed by atoms with Gasteiger partial charge in [-0.3, -0.25) is 0 Å². The summed E-state index contributed by atoms with van der Waals surface area (Å²) >= 11 is 3.36. The molecule has 0 spiro atoms. The average molecular weight is 314 g/mol. The molecule has 0 aliphatic heterocycles. The van der Waals surface area contributed by atoms with Gasteiger partial charge < -0.3 is 5.32 Å². The molecule has 1 nitrogen and oxygen atoms in total. The Kier molecular flexibility index (Phi) is 4.44. The van der Waals surface area contributed by atoms with Crippen LogP contribution >= 0.6 is 15.9 Å². The van der Waals surface area contributed by atoms with E-state index in [4.69, 9.17) is 0 Å². The van der Waals surface area contributed by atoms with Crippen LogP contribution in [0.15, 0.2) is 22.7 Å². The minimum atomic E-state index is -0.161. The zero-order valence-electron chi connectivity index (χ0n) is 11.1. The van der Waals surface area contributed by atoms with Crippen LogP contribution in [0.1, 0.15) is 38.2 Å². The van der Waals surface area contributed by atoms with Gasteiger partial charge in [-0.2, -0.15) is 0 Å². The highest BCUT2D eigenvalue weighted by atomic mass is 79.9. The Hall–Kier alpha value is -0.410. The summed E-state index contributed by atoms with van der Waals surface area (Å²) in [5, 5.41) is 3.43. The maximum atomic E-state index is 13.4. The molecule has 3 heteroatoms. The van der Waals surface area contributed by atoms with Gasteiger partial charge in [0, 0.05) is 10.5 Å². The molecular weight excluding hydrogens is 293 g/mol. The van der Waals surface area contributed by atoms with Crippen molar-refractivity contribution >= 4 is 15.9 Å². The van der Waals surface area contributed by atoms with Gasteiger partial charge in [0.15, 0.2) is 0 Å². The summed E-state index contributed by atoms with van der Waals surface area (Å²) in [6.45, 7) is 2.36. The molecule has 0 heterocycles. The summed E-state index contributed by atoms with van der Waals surface area (Å²) in [7, 11) is 2.02. The molecule has 0 aromatic heterocycles. The van der Waals surface area contributed by atoms with Gasteiger partial charge in [0.25, 0.3) is 0 Å². The molecule has 0 saturated heterocycles. The van der Waals surface area contributed by atoms with E-state index in [9.17, 15) is 4.39 Å². The van der Waals surface area contributed by atoms with Crippen molar-refractivity contribution < 1.29 is 4.39 Å². The topological polar surface area (TPSA) is 12.0 Å². The zero-order valence-corrected chi connectivity index (χ0v) is 12.7. The van der Waals surface area contributed by atoms with Crippen LogP contribution in [-0.2, 0) is 6.42 Å². The Bertz CT molecular complexity index is 393. The third-order valence-electron chi connectivity index (χ3n) is 4.30. The van der Waals surface area contributed by atoms with Gasteiger partial charge in [0.1, 0.15) is 5.82 Å². The highest BCUT2D eigenvalue weighted by Crippen LogP contribution is 2.41. The van der Waals surface area contributed by atoms with E-state index in [0.717, 1.165) is 16.5 Å². The first kappa shape index (κ1) is 14.0. The Morgan fingerprint density at radius 3 is 2.56 bits per heavy atom. The quantitative estimate of drug-likeness (QED) is 0.874. The smallest absolute Gasteiger partial charge is 0.124 e. The molecule has 1 aromatic carbocycles. The van der Waals surface area contributed by atoms with Crippen LogP contribution in [0.3, 0.4) is 0 Å². The lowest BCUT2D eigenvalue weighted by molar-refractivity contribution is 0.229. The number of rotatable bonds is 4. The van der Waals surface area contributed by atoms with Crippen molar-refractivity contribution in [3.8, 4) is 0 Å². The molecule has 1 N–H and O–H groups in total. The van der Waals surface area contributed by atoms with Crippen molar-refractivity contribution in [3.63, 3.8) is 0 Å². The molecular formula is C15H21BrFN. The Morgan fingerprint density at radius 1 is 1.33 bits per heavy atom. The first-order valence-corrected chi connectivity index (χ1v) is 7.45. The van der Waals surface area contributed by atoms with Gasteiger partial charge >= 0.3 is 0 Å². The Labute approximate surface area is 117 Å².